The largest absolute Gasteiger partial charge is 0.493 e. The number of hydrogen-bond donors (Lipinski definition) is 1. The van der Waals surface area contributed by atoms with Gasteiger partial charge in [0.15, 0.2) is 0 Å². The minimum Gasteiger partial charge on any atom is -0.493 e. The molecule has 0 aliphatic carbocycles. The van der Waals surface area contributed by atoms with Crippen LogP contribution in [0.25, 0.3) is 11.1 Å². The van der Waals surface area contributed by atoms with Crippen LogP contribution in [0.5, 0.6) is 5.75 Å². The van der Waals surface area contributed by atoms with E-state index in [-0.39, 0.29) is 24.2 Å². The van der Waals surface area contributed by atoms with Crippen molar-refractivity contribution in [1.82, 2.24) is 14.9 Å². The van der Waals surface area contributed by atoms with Crippen molar-refractivity contribution in [3.05, 3.63) is 114 Å². The zero-order valence-electron chi connectivity index (χ0n) is 25.5. The standard InChI is InChI=1S/C32H33N3O4/c36-31(37)15-2-1-9-23-39-30-14-6-3-10-26(30)24-35(22-18-27-11-7-8-19-34-27)32(38)29-13-5-4-12-28(29)25-16-20-33-21-17-25/h3-8,10-14,16-17,19-21H,1-2,9,15,18,22-24H2,(H,36,37)/i18D2,22D2. The lowest BCUT2D eigenvalue weighted by Gasteiger charge is -2.25. The highest BCUT2D eigenvalue weighted by molar-refractivity contribution is 6.00. The molecule has 0 bridgehead atoms. The fourth-order valence-electron chi connectivity index (χ4n) is 4.00. The molecular formula is C32H33N3O4. The van der Waals surface area contributed by atoms with E-state index in [1.807, 2.05) is 0 Å². The number of benzene rings is 2. The second kappa shape index (κ2) is 14.4. The number of aryl methyl sites for hydroxylation is 1. The van der Waals surface area contributed by atoms with Gasteiger partial charge in [0.25, 0.3) is 5.91 Å². The SMILES string of the molecule is [2H]C([2H])(c1ccccn1)C([2H])([2H])N(Cc1ccccc1OCCCCCC(=O)O)C(=O)c1ccccc1-c1ccncc1. The van der Waals surface area contributed by atoms with Crippen LogP contribution >= 0.6 is 0 Å². The number of carbonyl (C=O) groups is 2. The van der Waals surface area contributed by atoms with E-state index in [9.17, 15) is 9.59 Å². The average Bonchev–Trinajstić information content (AvgIpc) is 3.02. The monoisotopic (exact) mass is 527 g/mol. The van der Waals surface area contributed by atoms with Crippen molar-refractivity contribution in [3.8, 4) is 16.9 Å². The third-order valence-corrected chi connectivity index (χ3v) is 5.97. The molecule has 39 heavy (non-hydrogen) atoms. The van der Waals surface area contributed by atoms with E-state index in [2.05, 4.69) is 9.97 Å². The maximum absolute atomic E-state index is 14.4. The van der Waals surface area contributed by atoms with Gasteiger partial charge in [-0.3, -0.25) is 19.6 Å². The number of amides is 1. The molecule has 2 aromatic heterocycles. The van der Waals surface area contributed by atoms with Gasteiger partial charge in [-0.2, -0.15) is 0 Å². The van der Waals surface area contributed by atoms with Gasteiger partial charge in [-0.05, 0) is 66.8 Å². The van der Waals surface area contributed by atoms with Gasteiger partial charge >= 0.3 is 5.97 Å². The summed E-state index contributed by atoms with van der Waals surface area (Å²) >= 11 is 0. The van der Waals surface area contributed by atoms with Gasteiger partial charge in [-0.15, -0.1) is 0 Å². The first-order chi connectivity index (χ1) is 20.6. The molecule has 0 fully saturated rings. The van der Waals surface area contributed by atoms with Crippen molar-refractivity contribution in [3.63, 3.8) is 0 Å². The number of aromatic nitrogens is 2. The van der Waals surface area contributed by atoms with Gasteiger partial charge in [-0.1, -0.05) is 42.5 Å². The average molecular weight is 528 g/mol. The Morgan fingerprint density at radius 1 is 0.872 bits per heavy atom. The predicted molar refractivity (Wildman–Crippen MR) is 150 cm³/mol. The van der Waals surface area contributed by atoms with E-state index < -0.39 is 24.7 Å². The van der Waals surface area contributed by atoms with Crippen molar-refractivity contribution >= 4 is 11.9 Å². The fraction of sp³-hybridized carbons (Fsp3) is 0.250. The maximum atomic E-state index is 14.4. The summed E-state index contributed by atoms with van der Waals surface area (Å²) < 4.78 is 41.9. The zero-order valence-corrected chi connectivity index (χ0v) is 21.5. The molecule has 1 N–H and O–H groups in total. The highest BCUT2D eigenvalue weighted by atomic mass is 16.5. The van der Waals surface area contributed by atoms with E-state index in [0.717, 1.165) is 4.90 Å². The number of carboxylic acid groups (broad SMARTS) is 1. The van der Waals surface area contributed by atoms with Gasteiger partial charge < -0.3 is 14.7 Å². The highest BCUT2D eigenvalue weighted by Crippen LogP contribution is 2.26. The molecule has 4 aromatic rings. The van der Waals surface area contributed by atoms with Crippen LogP contribution in [-0.2, 0) is 17.7 Å². The second-order valence-electron chi connectivity index (χ2n) is 8.79. The zero-order chi connectivity index (χ0) is 30.9. The third kappa shape index (κ3) is 8.23. The van der Waals surface area contributed by atoms with Crippen molar-refractivity contribution in [2.45, 2.75) is 38.6 Å². The summed E-state index contributed by atoms with van der Waals surface area (Å²) in [6.07, 6.45) is 3.79. The number of unbranched alkanes of at least 4 members (excludes halogenated alkanes) is 2. The quantitative estimate of drug-likeness (QED) is 0.201. The lowest BCUT2D eigenvalue weighted by Crippen LogP contribution is -2.33. The molecule has 0 unspecified atom stereocenters. The van der Waals surface area contributed by atoms with Crippen LogP contribution in [0.1, 0.15) is 52.8 Å². The van der Waals surface area contributed by atoms with Gasteiger partial charge in [0, 0.05) is 66.7 Å². The Morgan fingerprint density at radius 3 is 2.44 bits per heavy atom. The smallest absolute Gasteiger partial charge is 0.303 e. The Labute approximate surface area is 234 Å². The summed E-state index contributed by atoms with van der Waals surface area (Å²) in [5.74, 6) is -1.13. The first-order valence-electron chi connectivity index (χ1n) is 14.8. The molecule has 0 aliphatic heterocycles. The summed E-state index contributed by atoms with van der Waals surface area (Å²) in [7, 11) is 0. The van der Waals surface area contributed by atoms with Crippen LogP contribution in [0.3, 0.4) is 0 Å². The first kappa shape index (κ1) is 22.5. The summed E-state index contributed by atoms with van der Waals surface area (Å²) in [5, 5.41) is 8.85. The lowest BCUT2D eigenvalue weighted by molar-refractivity contribution is -0.137. The van der Waals surface area contributed by atoms with E-state index >= 15 is 0 Å². The minimum atomic E-state index is -2.85. The minimum absolute atomic E-state index is 0.0853. The number of para-hydroxylation sites is 1. The van der Waals surface area contributed by atoms with E-state index in [1.54, 1.807) is 85.2 Å². The second-order valence-corrected chi connectivity index (χ2v) is 8.79. The number of pyridine rings is 2. The predicted octanol–water partition coefficient (Wildman–Crippen LogP) is 6.05. The molecule has 200 valence electrons. The Morgan fingerprint density at radius 2 is 1.64 bits per heavy atom. The van der Waals surface area contributed by atoms with Crippen LogP contribution in [-0.4, -0.2) is 45.0 Å². The first-order valence-corrected chi connectivity index (χ1v) is 12.8. The Kier molecular flexibility index (Phi) is 8.31. The molecule has 2 heterocycles. The van der Waals surface area contributed by atoms with Crippen molar-refractivity contribution in [2.24, 2.45) is 0 Å². The Bertz CT molecular complexity index is 1520. The number of hydrogen-bond acceptors (Lipinski definition) is 5. The molecule has 0 saturated heterocycles. The Balaban J connectivity index is 1.71. The number of rotatable bonds is 14. The van der Waals surface area contributed by atoms with Crippen LogP contribution in [0, 0.1) is 0 Å². The number of ether oxygens (including phenoxy) is 1. The molecule has 0 spiro atoms. The summed E-state index contributed by atoms with van der Waals surface area (Å²) in [6.45, 7) is -2.84. The molecule has 4 rings (SSSR count). The molecule has 2 aromatic carbocycles. The van der Waals surface area contributed by atoms with Gasteiger partial charge in [0.1, 0.15) is 5.75 Å². The highest BCUT2D eigenvalue weighted by Gasteiger charge is 2.21. The van der Waals surface area contributed by atoms with Crippen LogP contribution in [0.2, 0.25) is 0 Å². The normalized spacial score (nSPS) is 12.9. The summed E-state index contributed by atoms with van der Waals surface area (Å²) in [5.41, 5.74) is 1.81. The lowest BCUT2D eigenvalue weighted by atomic mass is 9.99. The maximum Gasteiger partial charge on any atom is 0.303 e. The van der Waals surface area contributed by atoms with Gasteiger partial charge in [0.05, 0.1) is 6.61 Å². The van der Waals surface area contributed by atoms with Crippen molar-refractivity contribution in [2.75, 3.05) is 13.1 Å². The fourth-order valence-corrected chi connectivity index (χ4v) is 4.00. The summed E-state index contributed by atoms with van der Waals surface area (Å²) in [6, 6.07) is 21.8. The molecule has 1 amide bonds. The van der Waals surface area contributed by atoms with Gasteiger partial charge in [-0.25, -0.2) is 0 Å². The molecule has 7 nitrogen and oxygen atoms in total. The molecular weight excluding hydrogens is 490 g/mol. The van der Waals surface area contributed by atoms with Crippen LogP contribution in [0.4, 0.5) is 0 Å². The van der Waals surface area contributed by atoms with Crippen LogP contribution in [0.15, 0.2) is 97.5 Å². The number of nitrogens with zero attached hydrogens (tertiary/aromatic N) is 3. The van der Waals surface area contributed by atoms with E-state index in [0.29, 0.717) is 48.3 Å². The number of carboxylic acids is 1. The van der Waals surface area contributed by atoms with Crippen molar-refractivity contribution < 1.29 is 24.9 Å². The third-order valence-electron chi connectivity index (χ3n) is 5.97. The van der Waals surface area contributed by atoms with Crippen molar-refractivity contribution in [1.29, 1.82) is 0 Å². The summed E-state index contributed by atoms with van der Waals surface area (Å²) in [4.78, 5) is 34.2. The number of carbonyl (C=O) groups excluding carboxylic acids is 1. The van der Waals surface area contributed by atoms with E-state index in [4.69, 9.17) is 15.3 Å². The number of aliphatic carboxylic acids is 1. The molecule has 7 heteroatoms. The van der Waals surface area contributed by atoms with Gasteiger partial charge in [0.2, 0.25) is 0 Å². The molecule has 0 atom stereocenters. The van der Waals surface area contributed by atoms with E-state index in [1.165, 1.54) is 12.3 Å². The van der Waals surface area contributed by atoms with Crippen LogP contribution < -0.4 is 4.74 Å². The molecule has 0 radical (unpaired) electrons. The Hall–Kier alpha value is -4.52. The topological polar surface area (TPSA) is 92.6 Å². The molecule has 0 saturated carbocycles. The molecule has 0 aliphatic rings.